The first-order chi connectivity index (χ1) is 6.74. The molecule has 0 saturated heterocycles. The van der Waals surface area contributed by atoms with Crippen LogP contribution in [-0.2, 0) is 0 Å². The summed E-state index contributed by atoms with van der Waals surface area (Å²) in [6.07, 6.45) is 1.58. The Labute approximate surface area is 95.1 Å². The molecule has 1 aromatic heterocycles. The minimum Gasteiger partial charge on any atom is -0.445 e. The van der Waals surface area contributed by atoms with Crippen molar-refractivity contribution >= 4 is 34.5 Å². The van der Waals surface area contributed by atoms with E-state index in [1.54, 1.807) is 24.4 Å². The molecule has 0 aliphatic heterocycles. The lowest BCUT2D eigenvalue weighted by atomic mass is 10.3. The topological polar surface area (TPSA) is 22.1 Å². The Bertz CT molecular complexity index is 410. The summed E-state index contributed by atoms with van der Waals surface area (Å²) in [7, 11) is 0. The molecule has 1 aromatic carbocycles. The molecule has 14 heavy (non-hydrogen) atoms. The Morgan fingerprint density at radius 2 is 1.93 bits per heavy atom. The van der Waals surface area contributed by atoms with Crippen molar-refractivity contribution in [1.82, 2.24) is 4.98 Å². The molecule has 0 amide bonds. The van der Waals surface area contributed by atoms with E-state index in [4.69, 9.17) is 27.9 Å². The molecular weight excluding hydrogens is 241 g/mol. The van der Waals surface area contributed by atoms with Crippen molar-refractivity contribution in [3.8, 4) is 10.8 Å². The van der Waals surface area contributed by atoms with E-state index in [2.05, 4.69) is 10.5 Å². The van der Waals surface area contributed by atoms with Crippen molar-refractivity contribution < 1.29 is 4.74 Å². The van der Waals surface area contributed by atoms with Gasteiger partial charge in [0, 0.05) is 10.0 Å². The zero-order valence-corrected chi connectivity index (χ0v) is 9.16. The Kier molecular flexibility index (Phi) is 2.91. The minimum atomic E-state index is 0.543. The SMILES string of the molecule is Clc1cc(Cl)cc(Oc2cn[c]s2)c1. The third-order valence-electron chi connectivity index (χ3n) is 1.42. The average Bonchev–Trinajstić information content (AvgIpc) is 2.54. The van der Waals surface area contributed by atoms with E-state index >= 15 is 0 Å². The van der Waals surface area contributed by atoms with Gasteiger partial charge >= 0.3 is 0 Å². The van der Waals surface area contributed by atoms with Gasteiger partial charge in [-0.2, -0.15) is 0 Å². The highest BCUT2D eigenvalue weighted by molar-refractivity contribution is 7.11. The normalized spacial score (nSPS) is 10.1. The fraction of sp³-hybridized carbons (Fsp3) is 0. The standard InChI is InChI=1S/C9H4Cl2NOS/c10-6-1-7(11)3-8(2-6)13-9-4-12-5-14-9/h1-4H. The molecule has 0 unspecified atom stereocenters. The highest BCUT2D eigenvalue weighted by Crippen LogP contribution is 2.29. The summed E-state index contributed by atoms with van der Waals surface area (Å²) in [5.41, 5.74) is 2.68. The summed E-state index contributed by atoms with van der Waals surface area (Å²) in [4.78, 5) is 3.77. The summed E-state index contributed by atoms with van der Waals surface area (Å²) < 4.78 is 5.44. The van der Waals surface area contributed by atoms with Gasteiger partial charge < -0.3 is 4.74 Å². The number of rotatable bonds is 2. The van der Waals surface area contributed by atoms with Gasteiger partial charge in [-0.05, 0) is 18.2 Å². The fourth-order valence-corrected chi connectivity index (χ4v) is 1.87. The number of ether oxygens (including phenoxy) is 1. The molecule has 71 valence electrons. The zero-order valence-electron chi connectivity index (χ0n) is 6.83. The van der Waals surface area contributed by atoms with Crippen molar-refractivity contribution in [3.05, 3.63) is 40.0 Å². The second-order valence-corrected chi connectivity index (χ2v) is 4.14. The highest BCUT2D eigenvalue weighted by atomic mass is 35.5. The third-order valence-corrected chi connectivity index (χ3v) is 2.45. The minimum absolute atomic E-state index is 0.543. The van der Waals surface area contributed by atoms with Gasteiger partial charge in [0.25, 0.3) is 0 Å². The van der Waals surface area contributed by atoms with Gasteiger partial charge in [0.15, 0.2) is 5.51 Å². The number of nitrogens with zero attached hydrogens (tertiary/aromatic N) is 1. The summed E-state index contributed by atoms with van der Waals surface area (Å²) >= 11 is 12.9. The van der Waals surface area contributed by atoms with E-state index < -0.39 is 0 Å². The number of aromatic nitrogens is 1. The molecule has 0 saturated carbocycles. The van der Waals surface area contributed by atoms with Crippen LogP contribution in [0.15, 0.2) is 24.4 Å². The van der Waals surface area contributed by atoms with Crippen LogP contribution in [0.3, 0.4) is 0 Å². The molecule has 2 rings (SSSR count). The van der Waals surface area contributed by atoms with Crippen molar-refractivity contribution in [2.75, 3.05) is 0 Å². The van der Waals surface area contributed by atoms with Crippen molar-refractivity contribution in [2.24, 2.45) is 0 Å². The van der Waals surface area contributed by atoms with E-state index in [-0.39, 0.29) is 0 Å². The largest absolute Gasteiger partial charge is 0.445 e. The smallest absolute Gasteiger partial charge is 0.201 e. The molecule has 2 aromatic rings. The first-order valence-corrected chi connectivity index (χ1v) is 5.27. The average molecular weight is 245 g/mol. The number of halogens is 2. The number of thiazole rings is 1. The van der Waals surface area contributed by atoms with E-state index in [1.165, 1.54) is 11.3 Å². The highest BCUT2D eigenvalue weighted by Gasteiger charge is 2.01. The van der Waals surface area contributed by atoms with E-state index in [1.807, 2.05) is 0 Å². The molecule has 2 nitrogen and oxygen atoms in total. The van der Waals surface area contributed by atoms with E-state index in [0.29, 0.717) is 20.9 Å². The maximum Gasteiger partial charge on any atom is 0.201 e. The van der Waals surface area contributed by atoms with Crippen LogP contribution >= 0.6 is 34.5 Å². The van der Waals surface area contributed by atoms with Gasteiger partial charge in [0.1, 0.15) is 5.75 Å². The molecule has 0 fully saturated rings. The lowest BCUT2D eigenvalue weighted by Crippen LogP contribution is -1.80. The van der Waals surface area contributed by atoms with Crippen LogP contribution in [0.25, 0.3) is 0 Å². The fourth-order valence-electron chi connectivity index (χ4n) is 0.928. The lowest BCUT2D eigenvalue weighted by molar-refractivity contribution is 0.495. The maximum absolute atomic E-state index is 5.81. The number of benzene rings is 1. The summed E-state index contributed by atoms with van der Waals surface area (Å²) in [5, 5.41) is 1.74. The second kappa shape index (κ2) is 4.17. The first-order valence-electron chi connectivity index (χ1n) is 3.70. The van der Waals surface area contributed by atoms with Gasteiger partial charge in [0.05, 0.1) is 6.20 Å². The van der Waals surface area contributed by atoms with E-state index in [9.17, 15) is 0 Å². The van der Waals surface area contributed by atoms with Gasteiger partial charge in [-0.1, -0.05) is 34.5 Å². The summed E-state index contributed by atoms with van der Waals surface area (Å²) in [5.74, 6) is 0.597. The number of hydrogen-bond acceptors (Lipinski definition) is 3. The van der Waals surface area contributed by atoms with Gasteiger partial charge in [0.2, 0.25) is 5.06 Å². The molecule has 0 bridgehead atoms. The second-order valence-electron chi connectivity index (χ2n) is 2.48. The quantitative estimate of drug-likeness (QED) is 0.796. The Balaban J connectivity index is 2.25. The first kappa shape index (κ1) is 9.77. The Hall–Kier alpha value is -0.770. The molecule has 1 radical (unpaired) electrons. The summed E-state index contributed by atoms with van der Waals surface area (Å²) in [6, 6.07) is 5.02. The molecule has 0 aliphatic rings. The molecule has 0 N–H and O–H groups in total. The number of hydrogen-bond donors (Lipinski definition) is 0. The molecule has 5 heteroatoms. The van der Waals surface area contributed by atoms with Gasteiger partial charge in [-0.25, -0.2) is 4.98 Å². The van der Waals surface area contributed by atoms with Crippen LogP contribution in [0.1, 0.15) is 0 Å². The maximum atomic E-state index is 5.81. The lowest BCUT2D eigenvalue weighted by Gasteiger charge is -2.02. The van der Waals surface area contributed by atoms with E-state index in [0.717, 1.165) is 0 Å². The van der Waals surface area contributed by atoms with Crippen molar-refractivity contribution in [3.63, 3.8) is 0 Å². The predicted molar refractivity (Wildman–Crippen MR) is 57.5 cm³/mol. The molecule has 0 aliphatic carbocycles. The molecule has 0 atom stereocenters. The molecular formula is C9H4Cl2NOS. The molecule has 1 heterocycles. The zero-order chi connectivity index (χ0) is 9.97. The van der Waals surface area contributed by atoms with Crippen LogP contribution in [0.2, 0.25) is 10.0 Å². The van der Waals surface area contributed by atoms with Crippen molar-refractivity contribution in [2.45, 2.75) is 0 Å². The third kappa shape index (κ3) is 2.38. The Morgan fingerprint density at radius 3 is 2.50 bits per heavy atom. The monoisotopic (exact) mass is 244 g/mol. The van der Waals surface area contributed by atoms with Crippen LogP contribution in [0.5, 0.6) is 10.8 Å². The summed E-state index contributed by atoms with van der Waals surface area (Å²) in [6.45, 7) is 0. The van der Waals surface area contributed by atoms with Crippen LogP contribution < -0.4 is 4.74 Å². The van der Waals surface area contributed by atoms with Crippen LogP contribution in [0.4, 0.5) is 0 Å². The Morgan fingerprint density at radius 1 is 1.21 bits per heavy atom. The molecule has 0 spiro atoms. The van der Waals surface area contributed by atoms with Crippen molar-refractivity contribution in [1.29, 1.82) is 0 Å². The predicted octanol–water partition coefficient (Wildman–Crippen LogP) is 4.04. The van der Waals surface area contributed by atoms with Crippen LogP contribution in [-0.4, -0.2) is 4.98 Å². The van der Waals surface area contributed by atoms with Crippen LogP contribution in [0, 0.1) is 5.51 Å². The van der Waals surface area contributed by atoms with Gasteiger partial charge in [-0.15, -0.1) is 0 Å². The van der Waals surface area contributed by atoms with Gasteiger partial charge in [-0.3, -0.25) is 0 Å².